The standard InChI is InChI=1S/C20H21FN4O3.C2H6/c1-12-2-3-16(15(21)10-12)24-18-14-11-23-9-6-17(14)27-19(18)20(26)25-28-13-4-7-22-8-5-13;1-2/h2-3,6,9-11,13,22,24H,4-5,7-8H2,1H3,(H,25,26);1-2H3. The molecule has 160 valence electrons. The quantitative estimate of drug-likeness (QED) is 0.534. The normalized spacial score (nSPS) is 14.1. The molecule has 0 aliphatic carbocycles. The zero-order valence-corrected chi connectivity index (χ0v) is 17.4. The predicted molar refractivity (Wildman–Crippen MR) is 114 cm³/mol. The molecule has 3 N–H and O–H groups in total. The van der Waals surface area contributed by atoms with Gasteiger partial charge in [-0.3, -0.25) is 14.6 Å². The topological polar surface area (TPSA) is 88.4 Å². The summed E-state index contributed by atoms with van der Waals surface area (Å²) in [6.07, 6.45) is 4.70. The largest absolute Gasteiger partial charge is 0.448 e. The molecule has 1 aliphatic rings. The van der Waals surface area contributed by atoms with Crippen molar-refractivity contribution in [1.82, 2.24) is 15.8 Å². The van der Waals surface area contributed by atoms with Crippen molar-refractivity contribution in [2.45, 2.75) is 39.7 Å². The number of benzene rings is 1. The van der Waals surface area contributed by atoms with Crippen LogP contribution in [0.1, 0.15) is 42.8 Å². The number of nitrogens with one attached hydrogen (secondary N) is 3. The Bertz CT molecular complexity index is 999. The maximum Gasteiger partial charge on any atom is 0.312 e. The van der Waals surface area contributed by atoms with E-state index in [0.717, 1.165) is 31.5 Å². The van der Waals surface area contributed by atoms with E-state index in [0.29, 0.717) is 16.7 Å². The summed E-state index contributed by atoms with van der Waals surface area (Å²) in [5.41, 5.74) is 4.32. The number of fused-ring (bicyclic) bond motifs is 1. The molecule has 1 saturated heterocycles. The summed E-state index contributed by atoms with van der Waals surface area (Å²) in [4.78, 5) is 22.3. The van der Waals surface area contributed by atoms with E-state index in [1.165, 1.54) is 6.07 Å². The molecule has 1 fully saturated rings. The summed E-state index contributed by atoms with van der Waals surface area (Å²) < 4.78 is 20.0. The lowest BCUT2D eigenvalue weighted by molar-refractivity contribution is -0.0292. The highest BCUT2D eigenvalue weighted by molar-refractivity contribution is 6.06. The molecule has 30 heavy (non-hydrogen) atoms. The molecule has 4 rings (SSSR count). The van der Waals surface area contributed by atoms with E-state index < -0.39 is 11.7 Å². The van der Waals surface area contributed by atoms with Gasteiger partial charge in [-0.2, -0.15) is 0 Å². The van der Waals surface area contributed by atoms with E-state index in [1.807, 2.05) is 13.8 Å². The number of halogens is 1. The summed E-state index contributed by atoms with van der Waals surface area (Å²) in [5, 5.41) is 6.79. The molecule has 0 radical (unpaired) electrons. The molecule has 0 saturated carbocycles. The molecule has 1 aromatic carbocycles. The number of hydroxylamine groups is 1. The van der Waals surface area contributed by atoms with Gasteiger partial charge in [0.05, 0.1) is 17.2 Å². The first-order chi connectivity index (χ1) is 14.6. The van der Waals surface area contributed by atoms with Crippen LogP contribution in [0.2, 0.25) is 0 Å². The Morgan fingerprint density at radius 1 is 1.27 bits per heavy atom. The molecule has 0 bridgehead atoms. The zero-order chi connectivity index (χ0) is 21.5. The van der Waals surface area contributed by atoms with Crippen LogP contribution in [-0.2, 0) is 4.84 Å². The first-order valence-electron chi connectivity index (χ1n) is 10.2. The van der Waals surface area contributed by atoms with E-state index in [9.17, 15) is 9.18 Å². The van der Waals surface area contributed by atoms with Crippen LogP contribution in [0.3, 0.4) is 0 Å². The lowest BCUT2D eigenvalue weighted by Gasteiger charge is -2.22. The van der Waals surface area contributed by atoms with Crippen molar-refractivity contribution in [2.24, 2.45) is 0 Å². The molecule has 0 atom stereocenters. The second-order valence-electron chi connectivity index (χ2n) is 6.78. The first kappa shape index (κ1) is 21.7. The van der Waals surface area contributed by atoms with Gasteiger partial charge in [-0.15, -0.1) is 0 Å². The maximum atomic E-state index is 14.3. The van der Waals surface area contributed by atoms with Crippen LogP contribution in [0, 0.1) is 12.7 Å². The average molecular weight is 414 g/mol. The third kappa shape index (κ3) is 4.95. The second-order valence-corrected chi connectivity index (χ2v) is 6.78. The number of rotatable bonds is 5. The smallest absolute Gasteiger partial charge is 0.312 e. The van der Waals surface area contributed by atoms with Crippen LogP contribution in [0.5, 0.6) is 0 Å². The number of pyridine rings is 1. The Morgan fingerprint density at radius 2 is 2.03 bits per heavy atom. The van der Waals surface area contributed by atoms with E-state index in [2.05, 4.69) is 21.1 Å². The lowest BCUT2D eigenvalue weighted by Crippen LogP contribution is -2.37. The fourth-order valence-electron chi connectivity index (χ4n) is 3.18. The number of carbonyl (C=O) groups excluding carboxylic acids is 1. The van der Waals surface area contributed by atoms with Crippen molar-refractivity contribution < 1.29 is 18.4 Å². The number of hydrogen-bond donors (Lipinski definition) is 3. The van der Waals surface area contributed by atoms with Gasteiger partial charge in [0.1, 0.15) is 17.1 Å². The molecule has 2 aromatic heterocycles. The highest BCUT2D eigenvalue weighted by Gasteiger charge is 2.23. The molecular weight excluding hydrogens is 387 g/mol. The summed E-state index contributed by atoms with van der Waals surface area (Å²) in [6, 6.07) is 6.47. The molecule has 3 aromatic rings. The van der Waals surface area contributed by atoms with Crippen molar-refractivity contribution in [1.29, 1.82) is 0 Å². The van der Waals surface area contributed by atoms with E-state index >= 15 is 0 Å². The van der Waals surface area contributed by atoms with Crippen molar-refractivity contribution >= 4 is 28.3 Å². The van der Waals surface area contributed by atoms with Gasteiger partial charge in [0.15, 0.2) is 0 Å². The minimum absolute atomic E-state index is 0.0110. The minimum Gasteiger partial charge on any atom is -0.448 e. The van der Waals surface area contributed by atoms with Crippen LogP contribution in [0.15, 0.2) is 41.1 Å². The Morgan fingerprint density at radius 3 is 2.77 bits per heavy atom. The average Bonchev–Trinajstić information content (AvgIpc) is 3.15. The lowest BCUT2D eigenvalue weighted by atomic mass is 10.1. The number of carbonyl (C=O) groups is 1. The number of anilines is 2. The molecule has 7 nitrogen and oxygen atoms in total. The minimum atomic E-state index is -0.537. The molecule has 1 aliphatic heterocycles. The van der Waals surface area contributed by atoms with Crippen molar-refractivity contribution in [2.75, 3.05) is 18.4 Å². The fourth-order valence-corrected chi connectivity index (χ4v) is 3.18. The van der Waals surface area contributed by atoms with Crippen molar-refractivity contribution in [3.05, 3.63) is 53.8 Å². The zero-order valence-electron chi connectivity index (χ0n) is 17.4. The maximum absolute atomic E-state index is 14.3. The SMILES string of the molecule is CC.Cc1ccc(Nc2c(C(=O)NOC3CCNCC3)oc3ccncc23)c(F)c1. The van der Waals surface area contributed by atoms with Gasteiger partial charge >= 0.3 is 5.91 Å². The van der Waals surface area contributed by atoms with E-state index in [-0.39, 0.29) is 17.6 Å². The summed E-state index contributed by atoms with van der Waals surface area (Å²) in [5.74, 6) is -0.947. The van der Waals surface area contributed by atoms with Gasteiger partial charge in [-0.05, 0) is 56.6 Å². The van der Waals surface area contributed by atoms with Crippen LogP contribution >= 0.6 is 0 Å². The molecular formula is C22H27FN4O3. The van der Waals surface area contributed by atoms with Gasteiger partial charge in [0.25, 0.3) is 0 Å². The third-order valence-corrected chi connectivity index (χ3v) is 4.68. The van der Waals surface area contributed by atoms with Gasteiger partial charge in [-0.1, -0.05) is 19.9 Å². The summed E-state index contributed by atoms with van der Waals surface area (Å²) in [7, 11) is 0. The Labute approximate surface area is 175 Å². The Balaban J connectivity index is 0.00000124. The molecule has 8 heteroatoms. The number of nitrogens with zero attached hydrogens (tertiary/aromatic N) is 1. The number of amides is 1. The number of piperidine rings is 1. The Hall–Kier alpha value is -2.97. The van der Waals surface area contributed by atoms with E-state index in [4.69, 9.17) is 9.25 Å². The first-order valence-corrected chi connectivity index (χ1v) is 10.2. The molecule has 1 amide bonds. The monoisotopic (exact) mass is 414 g/mol. The van der Waals surface area contributed by atoms with E-state index in [1.54, 1.807) is 37.5 Å². The number of aromatic nitrogens is 1. The number of furan rings is 1. The summed E-state index contributed by atoms with van der Waals surface area (Å²) in [6.45, 7) is 7.49. The van der Waals surface area contributed by atoms with Crippen LogP contribution < -0.4 is 16.1 Å². The molecule has 3 heterocycles. The predicted octanol–water partition coefficient (Wildman–Crippen LogP) is 4.46. The Kier molecular flexibility index (Phi) is 7.37. The number of aryl methyl sites for hydroxylation is 1. The highest BCUT2D eigenvalue weighted by Crippen LogP contribution is 2.33. The number of hydrogen-bond acceptors (Lipinski definition) is 6. The highest BCUT2D eigenvalue weighted by atomic mass is 19.1. The molecule has 0 unspecified atom stereocenters. The van der Waals surface area contributed by atoms with Crippen LogP contribution in [0.4, 0.5) is 15.8 Å². The van der Waals surface area contributed by atoms with Crippen molar-refractivity contribution in [3.8, 4) is 0 Å². The molecule has 0 spiro atoms. The van der Waals surface area contributed by atoms with Crippen molar-refractivity contribution in [3.63, 3.8) is 0 Å². The fraction of sp³-hybridized carbons (Fsp3) is 0.364. The summed E-state index contributed by atoms with van der Waals surface area (Å²) >= 11 is 0. The van der Waals surface area contributed by atoms with Gasteiger partial charge < -0.3 is 15.1 Å². The van der Waals surface area contributed by atoms with Gasteiger partial charge in [0.2, 0.25) is 5.76 Å². The van der Waals surface area contributed by atoms with Crippen LogP contribution in [-0.4, -0.2) is 30.1 Å². The van der Waals surface area contributed by atoms with Crippen LogP contribution in [0.25, 0.3) is 11.0 Å². The third-order valence-electron chi connectivity index (χ3n) is 4.68. The second kappa shape index (κ2) is 10.2. The van der Waals surface area contributed by atoms with Gasteiger partial charge in [-0.25, -0.2) is 9.87 Å². The van der Waals surface area contributed by atoms with Gasteiger partial charge in [0, 0.05) is 12.4 Å².